The van der Waals surface area contributed by atoms with Crippen molar-refractivity contribution in [2.45, 2.75) is 24.9 Å². The van der Waals surface area contributed by atoms with Gasteiger partial charge in [0.25, 0.3) is 0 Å². The van der Waals surface area contributed by atoms with E-state index in [0.29, 0.717) is 12.5 Å². The number of thioether (sulfide) groups is 1. The number of hydrogen-bond donors (Lipinski definition) is 2. The van der Waals surface area contributed by atoms with Crippen LogP contribution in [0.2, 0.25) is 0 Å². The number of nitrogens with zero attached hydrogens (tertiary/aromatic N) is 1. The van der Waals surface area contributed by atoms with Gasteiger partial charge in [-0.1, -0.05) is 30.3 Å². The van der Waals surface area contributed by atoms with Crippen LogP contribution in [0.4, 0.5) is 0 Å². The molecule has 0 aromatic heterocycles. The van der Waals surface area contributed by atoms with Crippen LogP contribution >= 0.6 is 11.8 Å². The molecule has 0 radical (unpaired) electrons. The Morgan fingerprint density at radius 1 is 1.27 bits per heavy atom. The summed E-state index contributed by atoms with van der Waals surface area (Å²) < 4.78 is 0. The van der Waals surface area contributed by atoms with E-state index in [1.54, 1.807) is 0 Å². The van der Waals surface area contributed by atoms with Gasteiger partial charge >= 0.3 is 0 Å². The third-order valence-electron chi connectivity index (χ3n) is 4.55. The van der Waals surface area contributed by atoms with Crippen LogP contribution in [0.1, 0.15) is 24.4 Å². The van der Waals surface area contributed by atoms with Crippen molar-refractivity contribution in [3.63, 3.8) is 0 Å². The van der Waals surface area contributed by atoms with E-state index >= 15 is 0 Å². The Kier molecular flexibility index (Phi) is 5.39. The monoisotopic (exact) mass is 319 g/mol. The lowest BCUT2D eigenvalue weighted by molar-refractivity contribution is -0.127. The minimum absolute atomic E-state index is 0.112. The molecule has 22 heavy (non-hydrogen) atoms. The van der Waals surface area contributed by atoms with E-state index in [2.05, 4.69) is 22.3 Å². The second kappa shape index (κ2) is 7.49. The first kappa shape index (κ1) is 15.8. The standard InChI is InChI=1S/C17H25N3OS/c18-12-15(13-6-7-13)19-17(21)16(14-4-2-1-3-5-14)20-8-10-22-11-9-20/h1-5,13,15-16H,6-12,18H2,(H,19,21). The second-order valence-corrected chi connectivity index (χ2v) is 7.37. The molecule has 1 heterocycles. The highest BCUT2D eigenvalue weighted by molar-refractivity contribution is 7.99. The van der Waals surface area contributed by atoms with Crippen molar-refractivity contribution < 1.29 is 4.79 Å². The number of hydrogen-bond acceptors (Lipinski definition) is 4. The van der Waals surface area contributed by atoms with Crippen LogP contribution < -0.4 is 11.1 Å². The van der Waals surface area contributed by atoms with E-state index in [0.717, 1.165) is 30.2 Å². The molecule has 3 rings (SSSR count). The average Bonchev–Trinajstić information content (AvgIpc) is 3.40. The Labute approximate surface area is 136 Å². The summed E-state index contributed by atoms with van der Waals surface area (Å²) in [6.07, 6.45) is 2.39. The largest absolute Gasteiger partial charge is 0.350 e. The maximum Gasteiger partial charge on any atom is 0.242 e. The Balaban J connectivity index is 1.76. The number of nitrogens with one attached hydrogen (secondary N) is 1. The molecule has 5 heteroatoms. The fourth-order valence-corrected chi connectivity index (χ4v) is 4.06. The van der Waals surface area contributed by atoms with Gasteiger partial charge in [-0.25, -0.2) is 0 Å². The Hall–Kier alpha value is -1.04. The quantitative estimate of drug-likeness (QED) is 0.837. The van der Waals surface area contributed by atoms with E-state index in [4.69, 9.17) is 5.73 Å². The molecule has 120 valence electrons. The van der Waals surface area contributed by atoms with Gasteiger partial charge in [-0.3, -0.25) is 9.69 Å². The summed E-state index contributed by atoms with van der Waals surface area (Å²) >= 11 is 1.96. The molecule has 0 bridgehead atoms. The lowest BCUT2D eigenvalue weighted by Crippen LogP contribution is -2.49. The summed E-state index contributed by atoms with van der Waals surface area (Å²) in [5.74, 6) is 2.89. The molecule has 4 nitrogen and oxygen atoms in total. The van der Waals surface area contributed by atoms with Gasteiger partial charge in [-0.2, -0.15) is 11.8 Å². The normalized spacial score (nSPS) is 22.0. The summed E-state index contributed by atoms with van der Waals surface area (Å²) in [5, 5.41) is 3.21. The van der Waals surface area contributed by atoms with Crippen LogP contribution in [-0.4, -0.2) is 48.0 Å². The summed E-state index contributed by atoms with van der Waals surface area (Å²) in [7, 11) is 0. The van der Waals surface area contributed by atoms with E-state index in [1.165, 1.54) is 12.8 Å². The van der Waals surface area contributed by atoms with Gasteiger partial charge < -0.3 is 11.1 Å². The minimum Gasteiger partial charge on any atom is -0.350 e. The molecule has 1 aliphatic carbocycles. The Morgan fingerprint density at radius 2 is 1.95 bits per heavy atom. The molecule has 1 aliphatic heterocycles. The van der Waals surface area contributed by atoms with Crippen molar-refractivity contribution in [2.24, 2.45) is 11.7 Å². The molecule has 1 amide bonds. The zero-order valence-electron chi connectivity index (χ0n) is 12.9. The first-order chi connectivity index (χ1) is 10.8. The van der Waals surface area contributed by atoms with Gasteiger partial charge in [-0.15, -0.1) is 0 Å². The van der Waals surface area contributed by atoms with Crippen LogP contribution in [0, 0.1) is 5.92 Å². The number of amides is 1. The van der Waals surface area contributed by atoms with E-state index in [-0.39, 0.29) is 18.0 Å². The molecule has 1 aromatic rings. The second-order valence-electron chi connectivity index (χ2n) is 6.15. The highest BCUT2D eigenvalue weighted by Crippen LogP contribution is 2.33. The van der Waals surface area contributed by atoms with Crippen LogP contribution in [-0.2, 0) is 4.79 Å². The SMILES string of the molecule is NCC(NC(=O)C(c1ccccc1)N1CCSCC1)C1CC1. The summed E-state index contributed by atoms with van der Waals surface area (Å²) in [6.45, 7) is 2.47. The van der Waals surface area contributed by atoms with Crippen LogP contribution in [0.15, 0.2) is 30.3 Å². The lowest BCUT2D eigenvalue weighted by Gasteiger charge is -2.34. The lowest BCUT2D eigenvalue weighted by atomic mass is 10.0. The van der Waals surface area contributed by atoms with Crippen molar-refractivity contribution in [3.05, 3.63) is 35.9 Å². The van der Waals surface area contributed by atoms with Gasteiger partial charge in [0, 0.05) is 37.2 Å². The first-order valence-electron chi connectivity index (χ1n) is 8.17. The highest BCUT2D eigenvalue weighted by Gasteiger charge is 2.35. The molecule has 2 fully saturated rings. The van der Waals surface area contributed by atoms with Crippen molar-refractivity contribution >= 4 is 17.7 Å². The number of rotatable bonds is 6. The first-order valence-corrected chi connectivity index (χ1v) is 9.32. The van der Waals surface area contributed by atoms with Gasteiger partial charge in [0.15, 0.2) is 0 Å². The molecular formula is C17H25N3OS. The van der Waals surface area contributed by atoms with Crippen molar-refractivity contribution in [1.82, 2.24) is 10.2 Å². The minimum atomic E-state index is -0.185. The fourth-order valence-electron chi connectivity index (χ4n) is 3.13. The van der Waals surface area contributed by atoms with Crippen molar-refractivity contribution in [3.8, 4) is 0 Å². The third-order valence-corrected chi connectivity index (χ3v) is 5.49. The fraction of sp³-hybridized carbons (Fsp3) is 0.588. The summed E-state index contributed by atoms with van der Waals surface area (Å²) in [6, 6.07) is 10.1. The predicted octanol–water partition coefficient (Wildman–Crippen LogP) is 1.63. The van der Waals surface area contributed by atoms with Crippen molar-refractivity contribution in [1.29, 1.82) is 0 Å². The molecule has 2 unspecified atom stereocenters. The van der Waals surface area contributed by atoms with E-state index in [9.17, 15) is 4.79 Å². The Morgan fingerprint density at radius 3 is 2.55 bits per heavy atom. The number of benzene rings is 1. The van der Waals surface area contributed by atoms with Gasteiger partial charge in [0.05, 0.1) is 0 Å². The molecule has 0 spiro atoms. The van der Waals surface area contributed by atoms with Gasteiger partial charge in [0.2, 0.25) is 5.91 Å². The molecule has 1 saturated heterocycles. The number of carbonyl (C=O) groups excluding carboxylic acids is 1. The molecule has 1 saturated carbocycles. The van der Waals surface area contributed by atoms with Gasteiger partial charge in [0.1, 0.15) is 6.04 Å². The molecule has 2 atom stereocenters. The van der Waals surface area contributed by atoms with E-state index in [1.807, 2.05) is 30.0 Å². The molecule has 2 aliphatic rings. The zero-order valence-corrected chi connectivity index (χ0v) is 13.7. The number of carbonyl (C=O) groups is 1. The average molecular weight is 319 g/mol. The van der Waals surface area contributed by atoms with Crippen LogP contribution in [0.3, 0.4) is 0 Å². The molecular weight excluding hydrogens is 294 g/mol. The Bertz CT molecular complexity index is 486. The summed E-state index contributed by atoms with van der Waals surface area (Å²) in [4.78, 5) is 15.2. The maximum atomic E-state index is 12.9. The predicted molar refractivity (Wildman–Crippen MR) is 91.8 cm³/mol. The third kappa shape index (κ3) is 3.83. The van der Waals surface area contributed by atoms with Crippen LogP contribution in [0.25, 0.3) is 0 Å². The molecule has 1 aromatic carbocycles. The smallest absolute Gasteiger partial charge is 0.242 e. The van der Waals surface area contributed by atoms with E-state index < -0.39 is 0 Å². The maximum absolute atomic E-state index is 12.9. The zero-order chi connectivity index (χ0) is 15.4. The van der Waals surface area contributed by atoms with Gasteiger partial charge in [-0.05, 0) is 24.3 Å². The van der Waals surface area contributed by atoms with Crippen molar-refractivity contribution in [2.75, 3.05) is 31.1 Å². The summed E-state index contributed by atoms with van der Waals surface area (Å²) in [5.41, 5.74) is 6.93. The van der Waals surface area contributed by atoms with Crippen LogP contribution in [0.5, 0.6) is 0 Å². The highest BCUT2D eigenvalue weighted by atomic mass is 32.2. The topological polar surface area (TPSA) is 58.4 Å². The number of nitrogens with two attached hydrogens (primary N) is 1. The molecule has 3 N–H and O–H groups in total.